The zero-order valence-corrected chi connectivity index (χ0v) is 19.0. The van der Waals surface area contributed by atoms with E-state index in [1.807, 2.05) is 0 Å². The average Bonchev–Trinajstić information content (AvgIpc) is 3.54. The van der Waals surface area contributed by atoms with Gasteiger partial charge in [-0.1, -0.05) is 18.2 Å². The summed E-state index contributed by atoms with van der Waals surface area (Å²) in [4.78, 5) is 14.7. The summed E-state index contributed by atoms with van der Waals surface area (Å²) in [6.07, 6.45) is 3.15. The number of hydrogen-bond donors (Lipinski definition) is 0. The highest BCUT2D eigenvalue weighted by atomic mass is 32.2. The Morgan fingerprint density at radius 1 is 1.09 bits per heavy atom. The van der Waals surface area contributed by atoms with Gasteiger partial charge in [0.05, 0.1) is 19.5 Å². The fourth-order valence-electron chi connectivity index (χ4n) is 3.64. The number of ether oxygens (including phenoxy) is 2. The van der Waals surface area contributed by atoms with E-state index < -0.39 is 10.1 Å². The van der Waals surface area contributed by atoms with E-state index in [0.29, 0.717) is 24.5 Å². The maximum Gasteiger partial charge on any atom is 0.339 e. The first-order chi connectivity index (χ1) is 16.0. The van der Waals surface area contributed by atoms with Crippen molar-refractivity contribution in [2.45, 2.75) is 30.4 Å². The van der Waals surface area contributed by atoms with Gasteiger partial charge < -0.3 is 23.0 Å². The summed E-state index contributed by atoms with van der Waals surface area (Å²) in [5.41, 5.74) is 0.549. The highest BCUT2D eigenvalue weighted by Crippen LogP contribution is 2.27. The lowest BCUT2D eigenvalue weighted by atomic mass is 10.1. The minimum atomic E-state index is -4.08. The minimum Gasteiger partial charge on any atom is -0.497 e. The van der Waals surface area contributed by atoms with Crippen LogP contribution in [-0.4, -0.2) is 45.6 Å². The highest BCUT2D eigenvalue weighted by molar-refractivity contribution is 7.87. The summed E-state index contributed by atoms with van der Waals surface area (Å²) in [5.74, 6) is 0.592. The topological polar surface area (TPSA) is 95.3 Å². The number of nitrogens with zero attached hydrogens (tertiary/aromatic N) is 1. The third-order valence-corrected chi connectivity index (χ3v) is 6.60. The van der Waals surface area contributed by atoms with E-state index in [-0.39, 0.29) is 35.0 Å². The summed E-state index contributed by atoms with van der Waals surface area (Å²) in [7, 11) is -2.58. The quantitative estimate of drug-likeness (QED) is 0.437. The van der Waals surface area contributed by atoms with Crippen molar-refractivity contribution in [3.8, 4) is 11.5 Å². The zero-order valence-electron chi connectivity index (χ0n) is 18.2. The smallest absolute Gasteiger partial charge is 0.339 e. The number of hydrogen-bond acceptors (Lipinski definition) is 7. The monoisotopic (exact) mass is 471 g/mol. The fraction of sp³-hybridized carbons (Fsp3) is 0.292. The van der Waals surface area contributed by atoms with Crippen LogP contribution < -0.4 is 8.92 Å². The van der Waals surface area contributed by atoms with Crippen molar-refractivity contribution < 1.29 is 31.3 Å². The van der Waals surface area contributed by atoms with Gasteiger partial charge in [-0.05, 0) is 55.3 Å². The number of furan rings is 1. The van der Waals surface area contributed by atoms with Crippen LogP contribution in [0.4, 0.5) is 0 Å². The molecule has 3 aromatic rings. The van der Waals surface area contributed by atoms with E-state index in [4.69, 9.17) is 18.1 Å². The lowest BCUT2D eigenvalue weighted by molar-refractivity contribution is 0.0483. The molecule has 0 radical (unpaired) electrons. The van der Waals surface area contributed by atoms with Crippen molar-refractivity contribution in [3.63, 3.8) is 0 Å². The van der Waals surface area contributed by atoms with Crippen molar-refractivity contribution in [1.29, 1.82) is 0 Å². The summed E-state index contributed by atoms with van der Waals surface area (Å²) in [6, 6.07) is 15.9. The molecule has 1 unspecified atom stereocenters. The number of rotatable bonds is 9. The predicted octanol–water partition coefficient (Wildman–Crippen LogP) is 3.88. The number of carbonyl (C=O) groups is 1. The van der Waals surface area contributed by atoms with Crippen molar-refractivity contribution in [2.75, 3.05) is 20.3 Å². The lowest BCUT2D eigenvalue weighted by Crippen LogP contribution is -2.37. The van der Waals surface area contributed by atoms with Crippen LogP contribution in [0.1, 0.15) is 29.0 Å². The number of carbonyl (C=O) groups excluding carboxylic acids is 1. The molecule has 0 spiro atoms. The van der Waals surface area contributed by atoms with Gasteiger partial charge in [-0.25, -0.2) is 0 Å². The molecule has 0 bridgehead atoms. The Labute approximate surface area is 192 Å². The van der Waals surface area contributed by atoms with Crippen molar-refractivity contribution in [2.24, 2.45) is 0 Å². The third kappa shape index (κ3) is 5.55. The number of para-hydroxylation sites is 1. The van der Waals surface area contributed by atoms with Crippen molar-refractivity contribution in [1.82, 2.24) is 4.90 Å². The second kappa shape index (κ2) is 10.1. The van der Waals surface area contributed by atoms with Gasteiger partial charge in [0.25, 0.3) is 5.91 Å². The second-order valence-electron chi connectivity index (χ2n) is 7.62. The summed E-state index contributed by atoms with van der Waals surface area (Å²) in [5, 5.41) is 0. The maximum atomic E-state index is 13.1. The van der Waals surface area contributed by atoms with Gasteiger partial charge in [0.15, 0.2) is 5.76 Å². The molecule has 1 aromatic heterocycles. The van der Waals surface area contributed by atoms with Crippen molar-refractivity contribution >= 4 is 16.0 Å². The van der Waals surface area contributed by atoms with E-state index in [1.54, 1.807) is 53.4 Å². The molecule has 1 fully saturated rings. The molecule has 1 aliphatic heterocycles. The van der Waals surface area contributed by atoms with Gasteiger partial charge in [0, 0.05) is 25.3 Å². The highest BCUT2D eigenvalue weighted by Gasteiger charge is 2.27. The molecule has 1 amide bonds. The lowest BCUT2D eigenvalue weighted by Gasteiger charge is -2.25. The molecule has 1 atom stereocenters. The van der Waals surface area contributed by atoms with Gasteiger partial charge in [-0.3, -0.25) is 4.79 Å². The predicted molar refractivity (Wildman–Crippen MR) is 120 cm³/mol. The van der Waals surface area contributed by atoms with Crippen LogP contribution in [0.15, 0.2) is 76.2 Å². The summed E-state index contributed by atoms with van der Waals surface area (Å²) < 4.78 is 47.3. The first-order valence-corrected chi connectivity index (χ1v) is 12.0. The standard InChI is InChI=1S/C24H25NO7S/c1-29-19-10-12-21(13-11-19)33(27,28)32-22-8-3-2-6-18(22)16-25(17-20-7-4-14-30-20)24(26)23-9-5-15-31-23/h2-3,5-6,8-13,15,20H,4,7,14,16-17H2,1H3. The Balaban J connectivity index is 1.58. The van der Waals surface area contributed by atoms with Gasteiger partial charge >= 0.3 is 10.1 Å². The molecule has 0 N–H and O–H groups in total. The van der Waals surface area contributed by atoms with Gasteiger partial charge in [-0.15, -0.1) is 0 Å². The molecule has 2 heterocycles. The van der Waals surface area contributed by atoms with E-state index in [1.165, 1.54) is 25.5 Å². The molecule has 174 valence electrons. The molecule has 1 aliphatic rings. The molecule has 2 aromatic carbocycles. The van der Waals surface area contributed by atoms with Crippen LogP contribution in [0, 0.1) is 0 Å². The van der Waals surface area contributed by atoms with E-state index in [0.717, 1.165) is 12.8 Å². The molecule has 1 saturated heterocycles. The Bertz CT molecular complexity index is 1170. The minimum absolute atomic E-state index is 0.000904. The van der Waals surface area contributed by atoms with Crippen molar-refractivity contribution in [3.05, 3.63) is 78.3 Å². The van der Waals surface area contributed by atoms with E-state index in [9.17, 15) is 13.2 Å². The number of amides is 1. The largest absolute Gasteiger partial charge is 0.497 e. The van der Waals surface area contributed by atoms with Crippen LogP contribution >= 0.6 is 0 Å². The SMILES string of the molecule is COc1ccc(S(=O)(=O)Oc2ccccc2CN(CC2CCCO2)C(=O)c2ccco2)cc1. The van der Waals surface area contributed by atoms with Gasteiger partial charge in [0.2, 0.25) is 0 Å². The Morgan fingerprint density at radius 2 is 1.88 bits per heavy atom. The normalized spacial score (nSPS) is 15.8. The van der Waals surface area contributed by atoms with Gasteiger partial charge in [0.1, 0.15) is 16.4 Å². The average molecular weight is 472 g/mol. The second-order valence-corrected chi connectivity index (χ2v) is 9.17. The molecule has 9 heteroatoms. The van der Waals surface area contributed by atoms with Crippen LogP contribution in [0.25, 0.3) is 0 Å². The van der Waals surface area contributed by atoms with Crippen LogP contribution in [-0.2, 0) is 21.4 Å². The number of methoxy groups -OCH3 is 1. The summed E-state index contributed by atoms with van der Waals surface area (Å²) >= 11 is 0. The first-order valence-electron chi connectivity index (χ1n) is 10.6. The molecule has 0 aliphatic carbocycles. The third-order valence-electron chi connectivity index (χ3n) is 5.35. The first kappa shape index (κ1) is 22.9. The fourth-order valence-corrected chi connectivity index (χ4v) is 4.60. The van der Waals surface area contributed by atoms with Crippen LogP contribution in [0.3, 0.4) is 0 Å². The number of benzene rings is 2. The Morgan fingerprint density at radius 3 is 2.55 bits per heavy atom. The maximum absolute atomic E-state index is 13.1. The van der Waals surface area contributed by atoms with Gasteiger partial charge in [-0.2, -0.15) is 8.42 Å². The Hall–Kier alpha value is -3.30. The molecule has 33 heavy (non-hydrogen) atoms. The molecular formula is C24H25NO7S. The van der Waals surface area contributed by atoms with Crippen LogP contribution in [0.2, 0.25) is 0 Å². The Kier molecular flexibility index (Phi) is 7.00. The summed E-state index contributed by atoms with van der Waals surface area (Å²) in [6.45, 7) is 1.15. The van der Waals surface area contributed by atoms with Crippen LogP contribution in [0.5, 0.6) is 11.5 Å². The molecule has 8 nitrogen and oxygen atoms in total. The van der Waals surface area contributed by atoms with E-state index >= 15 is 0 Å². The zero-order chi connectivity index (χ0) is 23.3. The molecule has 4 rings (SSSR count). The van der Waals surface area contributed by atoms with E-state index in [2.05, 4.69) is 0 Å². The molecule has 0 saturated carbocycles. The molecular weight excluding hydrogens is 446 g/mol.